The van der Waals surface area contributed by atoms with E-state index in [0.717, 1.165) is 11.4 Å². The lowest BCUT2D eigenvalue weighted by molar-refractivity contribution is -0.117. The van der Waals surface area contributed by atoms with Gasteiger partial charge in [-0.2, -0.15) is 4.98 Å². The molecule has 1 unspecified atom stereocenters. The van der Waals surface area contributed by atoms with Crippen LogP contribution in [0.5, 0.6) is 5.75 Å². The summed E-state index contributed by atoms with van der Waals surface area (Å²) in [5.41, 5.74) is 1.04. The summed E-state index contributed by atoms with van der Waals surface area (Å²) >= 11 is 0. The van der Waals surface area contributed by atoms with E-state index in [4.69, 9.17) is 9.26 Å². The summed E-state index contributed by atoms with van der Waals surface area (Å²) < 4.78 is 24.2. The molecule has 0 radical (unpaired) electrons. The Kier molecular flexibility index (Phi) is 4.12. The summed E-state index contributed by atoms with van der Waals surface area (Å²) in [5.74, 6) is 0.613. The fourth-order valence-electron chi connectivity index (χ4n) is 3.04. The van der Waals surface area contributed by atoms with E-state index in [1.165, 1.54) is 6.07 Å². The normalized spacial score (nSPS) is 16.9. The average Bonchev–Trinajstić information content (AvgIpc) is 3.29. The van der Waals surface area contributed by atoms with Gasteiger partial charge in [-0.25, -0.2) is 4.39 Å². The van der Waals surface area contributed by atoms with Gasteiger partial charge in [0, 0.05) is 24.6 Å². The summed E-state index contributed by atoms with van der Waals surface area (Å²) in [5, 5.41) is 3.95. The van der Waals surface area contributed by atoms with Crippen LogP contribution in [0.25, 0.3) is 11.5 Å². The standard InChI is InChI=1S/C19H16FN3O3/c1-25-14-8-6-13(7-9-14)23-11-12(10-17(23)24)18-21-19(26-22-18)15-4-2-3-5-16(15)20/h2-9,12H,10-11H2,1H3. The van der Waals surface area contributed by atoms with Crippen molar-refractivity contribution in [1.29, 1.82) is 0 Å². The number of ether oxygens (including phenoxy) is 1. The van der Waals surface area contributed by atoms with E-state index in [0.29, 0.717) is 12.4 Å². The van der Waals surface area contributed by atoms with Crippen molar-refractivity contribution in [3.63, 3.8) is 0 Å². The molecular weight excluding hydrogens is 337 g/mol. The second-order valence-electron chi connectivity index (χ2n) is 6.04. The Morgan fingerprint density at radius 2 is 1.96 bits per heavy atom. The first-order valence-corrected chi connectivity index (χ1v) is 8.18. The number of rotatable bonds is 4. The maximum absolute atomic E-state index is 13.9. The van der Waals surface area contributed by atoms with Gasteiger partial charge < -0.3 is 14.2 Å². The molecule has 0 N–H and O–H groups in total. The Balaban J connectivity index is 1.55. The van der Waals surface area contributed by atoms with E-state index in [9.17, 15) is 9.18 Å². The molecule has 0 saturated carbocycles. The number of halogens is 1. The van der Waals surface area contributed by atoms with Crippen molar-refractivity contribution in [2.75, 3.05) is 18.6 Å². The molecule has 26 heavy (non-hydrogen) atoms. The fraction of sp³-hybridized carbons (Fsp3) is 0.211. The second-order valence-corrected chi connectivity index (χ2v) is 6.04. The highest BCUT2D eigenvalue weighted by Gasteiger charge is 2.34. The van der Waals surface area contributed by atoms with Crippen LogP contribution in [0.3, 0.4) is 0 Å². The molecule has 1 atom stereocenters. The Bertz CT molecular complexity index is 939. The van der Waals surface area contributed by atoms with Crippen LogP contribution in [-0.4, -0.2) is 29.7 Å². The molecule has 1 aliphatic heterocycles. The molecule has 132 valence electrons. The number of hydrogen-bond donors (Lipinski definition) is 0. The molecule has 1 amide bonds. The minimum absolute atomic E-state index is 0.0163. The van der Waals surface area contributed by atoms with Gasteiger partial charge in [0.1, 0.15) is 11.6 Å². The number of methoxy groups -OCH3 is 1. The molecule has 2 aromatic carbocycles. The molecule has 1 aromatic heterocycles. The van der Waals surface area contributed by atoms with E-state index in [1.54, 1.807) is 42.3 Å². The maximum atomic E-state index is 13.9. The average molecular weight is 353 g/mol. The highest BCUT2D eigenvalue weighted by atomic mass is 19.1. The van der Waals surface area contributed by atoms with E-state index in [1.807, 2.05) is 12.1 Å². The van der Waals surface area contributed by atoms with Gasteiger partial charge in [-0.05, 0) is 36.4 Å². The molecule has 2 heterocycles. The van der Waals surface area contributed by atoms with Crippen LogP contribution in [0.15, 0.2) is 53.1 Å². The monoisotopic (exact) mass is 353 g/mol. The molecule has 3 aromatic rings. The van der Waals surface area contributed by atoms with E-state index in [2.05, 4.69) is 10.1 Å². The summed E-state index contributed by atoms with van der Waals surface area (Å²) in [7, 11) is 1.59. The quantitative estimate of drug-likeness (QED) is 0.719. The number of nitrogens with zero attached hydrogens (tertiary/aromatic N) is 3. The lowest BCUT2D eigenvalue weighted by atomic mass is 10.1. The Morgan fingerprint density at radius 3 is 2.69 bits per heavy atom. The van der Waals surface area contributed by atoms with Gasteiger partial charge in [0.15, 0.2) is 5.82 Å². The number of anilines is 1. The van der Waals surface area contributed by atoms with E-state index < -0.39 is 5.82 Å². The van der Waals surface area contributed by atoms with Crippen molar-refractivity contribution in [2.45, 2.75) is 12.3 Å². The second kappa shape index (κ2) is 6.59. The number of carbonyl (C=O) groups excluding carboxylic acids is 1. The molecule has 7 heteroatoms. The van der Waals surface area contributed by atoms with Crippen molar-refractivity contribution in [2.24, 2.45) is 0 Å². The van der Waals surface area contributed by atoms with Gasteiger partial charge in [-0.3, -0.25) is 4.79 Å². The lowest BCUT2D eigenvalue weighted by Crippen LogP contribution is -2.24. The summed E-state index contributed by atoms with van der Waals surface area (Å²) in [6.07, 6.45) is 0.280. The molecule has 0 spiro atoms. The van der Waals surface area contributed by atoms with Crippen LogP contribution in [0.2, 0.25) is 0 Å². The van der Waals surface area contributed by atoms with Crippen molar-refractivity contribution in [3.8, 4) is 17.2 Å². The van der Waals surface area contributed by atoms with E-state index in [-0.39, 0.29) is 29.7 Å². The van der Waals surface area contributed by atoms with Crippen molar-refractivity contribution in [1.82, 2.24) is 10.1 Å². The largest absolute Gasteiger partial charge is 0.497 e. The van der Waals surface area contributed by atoms with E-state index >= 15 is 0 Å². The highest BCUT2D eigenvalue weighted by Crippen LogP contribution is 2.32. The predicted molar refractivity (Wildman–Crippen MR) is 92.4 cm³/mol. The van der Waals surface area contributed by atoms with Crippen molar-refractivity contribution in [3.05, 3.63) is 60.2 Å². The van der Waals surface area contributed by atoms with Gasteiger partial charge in [0.05, 0.1) is 12.7 Å². The molecule has 1 fully saturated rings. The SMILES string of the molecule is COc1ccc(N2CC(c3noc(-c4ccccc4F)n3)CC2=O)cc1. The molecule has 6 nitrogen and oxygen atoms in total. The zero-order valence-electron chi connectivity index (χ0n) is 14.1. The van der Waals surface area contributed by atoms with Crippen molar-refractivity contribution >= 4 is 11.6 Å². The first kappa shape index (κ1) is 16.3. The Hall–Kier alpha value is -3.22. The molecule has 0 aliphatic carbocycles. The lowest BCUT2D eigenvalue weighted by Gasteiger charge is -2.16. The molecule has 0 bridgehead atoms. The van der Waals surface area contributed by atoms with Gasteiger partial charge in [0.25, 0.3) is 5.89 Å². The highest BCUT2D eigenvalue weighted by molar-refractivity contribution is 5.96. The zero-order chi connectivity index (χ0) is 18.1. The maximum Gasteiger partial charge on any atom is 0.260 e. The molecule has 4 rings (SSSR count). The zero-order valence-corrected chi connectivity index (χ0v) is 14.1. The summed E-state index contributed by atoms with van der Waals surface area (Å²) in [6, 6.07) is 13.5. The first-order valence-electron chi connectivity index (χ1n) is 8.18. The minimum atomic E-state index is -0.426. The fourth-order valence-corrected chi connectivity index (χ4v) is 3.04. The number of hydrogen-bond acceptors (Lipinski definition) is 5. The van der Waals surface area contributed by atoms with Gasteiger partial charge in [-0.1, -0.05) is 17.3 Å². The predicted octanol–water partition coefficient (Wildman–Crippen LogP) is 3.40. The van der Waals surface area contributed by atoms with Crippen LogP contribution >= 0.6 is 0 Å². The van der Waals surface area contributed by atoms with Crippen LogP contribution < -0.4 is 9.64 Å². The topological polar surface area (TPSA) is 68.5 Å². The van der Waals surface area contributed by atoms with Crippen molar-refractivity contribution < 1.29 is 18.4 Å². The molecular formula is C19H16FN3O3. The molecule has 1 saturated heterocycles. The molecule has 1 aliphatic rings. The summed E-state index contributed by atoms with van der Waals surface area (Å²) in [4.78, 5) is 18.4. The van der Waals surface area contributed by atoms with Gasteiger partial charge >= 0.3 is 0 Å². The Labute approximate surface area is 149 Å². The number of benzene rings is 2. The first-order chi connectivity index (χ1) is 12.7. The third kappa shape index (κ3) is 2.92. The van der Waals surface area contributed by atoms with Crippen LogP contribution in [0.1, 0.15) is 18.2 Å². The third-order valence-corrected chi connectivity index (χ3v) is 4.42. The van der Waals surface area contributed by atoms with Gasteiger partial charge in [0.2, 0.25) is 5.91 Å². The third-order valence-electron chi connectivity index (χ3n) is 4.42. The van der Waals surface area contributed by atoms with Gasteiger partial charge in [-0.15, -0.1) is 0 Å². The van der Waals surface area contributed by atoms with Crippen LogP contribution in [-0.2, 0) is 4.79 Å². The minimum Gasteiger partial charge on any atom is -0.497 e. The van der Waals surface area contributed by atoms with Crippen LogP contribution in [0.4, 0.5) is 10.1 Å². The van der Waals surface area contributed by atoms with Crippen LogP contribution in [0, 0.1) is 5.82 Å². The summed E-state index contributed by atoms with van der Waals surface area (Å²) in [6.45, 7) is 0.446. The smallest absolute Gasteiger partial charge is 0.260 e. The number of carbonyl (C=O) groups is 1. The Morgan fingerprint density at radius 1 is 1.19 bits per heavy atom. The number of aromatic nitrogens is 2. The number of amides is 1.